The van der Waals surface area contributed by atoms with Crippen molar-refractivity contribution in [2.75, 3.05) is 19.6 Å². The molecule has 21 heavy (non-hydrogen) atoms. The number of carbonyl (C=O) groups is 1. The Balaban J connectivity index is 0.00000161. The molecule has 4 heteroatoms. The molecule has 1 atom stereocenters. The first-order valence-electron chi connectivity index (χ1n) is 8.79. The summed E-state index contributed by atoms with van der Waals surface area (Å²) in [5.41, 5.74) is 0.388. The SMILES string of the molecule is Cl.O=C(NCCCC1CCCCC1)C1CC12CCNCC2. The van der Waals surface area contributed by atoms with Crippen LogP contribution in [0.4, 0.5) is 0 Å². The van der Waals surface area contributed by atoms with Crippen molar-refractivity contribution in [1.29, 1.82) is 0 Å². The number of amides is 1. The van der Waals surface area contributed by atoms with Gasteiger partial charge in [0.1, 0.15) is 0 Å². The van der Waals surface area contributed by atoms with E-state index in [0.29, 0.717) is 17.2 Å². The highest BCUT2D eigenvalue weighted by molar-refractivity contribution is 5.85. The van der Waals surface area contributed by atoms with Crippen LogP contribution in [0.5, 0.6) is 0 Å². The topological polar surface area (TPSA) is 41.1 Å². The maximum atomic E-state index is 12.2. The molecular formula is C17H31ClN2O. The van der Waals surface area contributed by atoms with Gasteiger partial charge in [0.2, 0.25) is 5.91 Å². The summed E-state index contributed by atoms with van der Waals surface area (Å²) >= 11 is 0. The van der Waals surface area contributed by atoms with Gasteiger partial charge in [-0.3, -0.25) is 4.79 Å². The predicted molar refractivity (Wildman–Crippen MR) is 88.7 cm³/mol. The fourth-order valence-corrected chi connectivity index (χ4v) is 4.40. The average Bonchev–Trinajstić information content (AvgIpc) is 3.19. The van der Waals surface area contributed by atoms with Crippen LogP contribution in [0.1, 0.15) is 64.2 Å². The fourth-order valence-electron chi connectivity index (χ4n) is 4.40. The van der Waals surface area contributed by atoms with E-state index in [1.165, 1.54) is 57.8 Å². The molecule has 0 aromatic rings. The lowest BCUT2D eigenvalue weighted by atomic mass is 9.86. The summed E-state index contributed by atoms with van der Waals surface area (Å²) in [6.07, 6.45) is 13.2. The van der Waals surface area contributed by atoms with Gasteiger partial charge in [0, 0.05) is 12.5 Å². The number of hydrogen-bond acceptors (Lipinski definition) is 2. The molecule has 2 N–H and O–H groups in total. The lowest BCUT2D eigenvalue weighted by molar-refractivity contribution is -0.123. The predicted octanol–water partition coefficient (Wildman–Crippen LogP) is 3.27. The van der Waals surface area contributed by atoms with Gasteiger partial charge in [-0.2, -0.15) is 0 Å². The second-order valence-corrected chi connectivity index (χ2v) is 7.31. The molecule has 3 nitrogen and oxygen atoms in total. The minimum absolute atomic E-state index is 0. The van der Waals surface area contributed by atoms with Crippen LogP contribution in [-0.2, 0) is 4.79 Å². The fraction of sp³-hybridized carbons (Fsp3) is 0.941. The Hall–Kier alpha value is -0.280. The van der Waals surface area contributed by atoms with Gasteiger partial charge in [-0.1, -0.05) is 32.1 Å². The van der Waals surface area contributed by atoms with Gasteiger partial charge in [-0.25, -0.2) is 0 Å². The van der Waals surface area contributed by atoms with E-state index in [1.54, 1.807) is 0 Å². The van der Waals surface area contributed by atoms with Crippen LogP contribution in [-0.4, -0.2) is 25.5 Å². The summed E-state index contributed by atoms with van der Waals surface area (Å²) in [6.45, 7) is 3.11. The number of halogens is 1. The third-order valence-corrected chi connectivity index (χ3v) is 5.92. The van der Waals surface area contributed by atoms with Gasteiger partial charge in [-0.05, 0) is 56.5 Å². The van der Waals surface area contributed by atoms with Gasteiger partial charge < -0.3 is 10.6 Å². The molecule has 122 valence electrons. The van der Waals surface area contributed by atoms with Crippen molar-refractivity contribution in [2.24, 2.45) is 17.3 Å². The Bertz CT molecular complexity index is 336. The minimum atomic E-state index is 0. The standard InChI is InChI=1S/C17H30N2O.ClH/c20-16(15-13-17(15)8-11-18-12-9-17)19-10-4-7-14-5-2-1-3-6-14;/h14-15,18H,1-13H2,(H,19,20);1H. The lowest BCUT2D eigenvalue weighted by Gasteiger charge is -2.23. The molecule has 3 fully saturated rings. The van der Waals surface area contributed by atoms with E-state index in [1.807, 2.05) is 0 Å². The van der Waals surface area contributed by atoms with Crippen LogP contribution in [0, 0.1) is 17.3 Å². The van der Waals surface area contributed by atoms with E-state index >= 15 is 0 Å². The van der Waals surface area contributed by atoms with E-state index in [0.717, 1.165) is 32.0 Å². The molecule has 2 aliphatic carbocycles. The Morgan fingerprint density at radius 3 is 2.57 bits per heavy atom. The Kier molecular flexibility index (Phi) is 6.36. The van der Waals surface area contributed by atoms with E-state index < -0.39 is 0 Å². The van der Waals surface area contributed by atoms with Gasteiger partial charge in [0.25, 0.3) is 0 Å². The van der Waals surface area contributed by atoms with Crippen molar-refractivity contribution in [3.63, 3.8) is 0 Å². The average molecular weight is 315 g/mol. The van der Waals surface area contributed by atoms with Crippen molar-refractivity contribution >= 4 is 18.3 Å². The molecule has 1 heterocycles. The molecular weight excluding hydrogens is 284 g/mol. The van der Waals surface area contributed by atoms with E-state index in [4.69, 9.17) is 0 Å². The second kappa shape index (κ2) is 7.82. The number of piperidine rings is 1. The zero-order chi connectivity index (χ0) is 13.8. The summed E-state index contributed by atoms with van der Waals surface area (Å²) in [7, 11) is 0. The molecule has 0 radical (unpaired) electrons. The normalized spacial score (nSPS) is 27.9. The van der Waals surface area contributed by atoms with Crippen LogP contribution in [0.2, 0.25) is 0 Å². The molecule has 0 aromatic carbocycles. The highest BCUT2D eigenvalue weighted by Gasteiger charge is 2.57. The second-order valence-electron chi connectivity index (χ2n) is 7.31. The zero-order valence-electron chi connectivity index (χ0n) is 13.2. The molecule has 2 saturated carbocycles. The molecule has 1 aliphatic heterocycles. The number of hydrogen-bond donors (Lipinski definition) is 2. The highest BCUT2D eigenvalue weighted by Crippen LogP contribution is 2.58. The third-order valence-electron chi connectivity index (χ3n) is 5.92. The maximum Gasteiger partial charge on any atom is 0.223 e. The lowest BCUT2D eigenvalue weighted by Crippen LogP contribution is -2.34. The van der Waals surface area contributed by atoms with Gasteiger partial charge >= 0.3 is 0 Å². The summed E-state index contributed by atoms with van der Waals surface area (Å²) in [5, 5.41) is 6.59. The highest BCUT2D eigenvalue weighted by atomic mass is 35.5. The maximum absolute atomic E-state index is 12.2. The van der Waals surface area contributed by atoms with Crippen LogP contribution < -0.4 is 10.6 Å². The van der Waals surface area contributed by atoms with Crippen LogP contribution in [0.15, 0.2) is 0 Å². The van der Waals surface area contributed by atoms with Gasteiger partial charge in [0.05, 0.1) is 0 Å². The van der Waals surface area contributed by atoms with Crippen molar-refractivity contribution in [2.45, 2.75) is 64.2 Å². The van der Waals surface area contributed by atoms with Crippen molar-refractivity contribution in [3.05, 3.63) is 0 Å². The molecule has 3 aliphatic rings. The summed E-state index contributed by atoms with van der Waals surface area (Å²) in [4.78, 5) is 12.2. The Morgan fingerprint density at radius 1 is 1.14 bits per heavy atom. The quantitative estimate of drug-likeness (QED) is 0.765. The number of rotatable bonds is 5. The molecule has 1 spiro atoms. The Labute approximate surface area is 135 Å². The number of carbonyl (C=O) groups excluding carboxylic acids is 1. The van der Waals surface area contributed by atoms with Crippen molar-refractivity contribution < 1.29 is 4.79 Å². The van der Waals surface area contributed by atoms with E-state index in [-0.39, 0.29) is 12.4 Å². The van der Waals surface area contributed by atoms with Gasteiger partial charge in [0.15, 0.2) is 0 Å². The molecule has 1 saturated heterocycles. The summed E-state index contributed by atoms with van der Waals surface area (Å²) < 4.78 is 0. The van der Waals surface area contributed by atoms with Crippen molar-refractivity contribution in [1.82, 2.24) is 10.6 Å². The zero-order valence-corrected chi connectivity index (χ0v) is 14.0. The molecule has 0 bridgehead atoms. The van der Waals surface area contributed by atoms with Crippen LogP contribution >= 0.6 is 12.4 Å². The molecule has 0 aromatic heterocycles. The molecule has 3 rings (SSSR count). The Morgan fingerprint density at radius 2 is 1.86 bits per heavy atom. The third kappa shape index (κ3) is 4.35. The largest absolute Gasteiger partial charge is 0.356 e. The summed E-state index contributed by atoms with van der Waals surface area (Å²) in [5.74, 6) is 1.62. The molecule has 1 unspecified atom stereocenters. The first-order valence-corrected chi connectivity index (χ1v) is 8.79. The summed E-state index contributed by atoms with van der Waals surface area (Å²) in [6, 6.07) is 0. The first-order chi connectivity index (χ1) is 9.80. The van der Waals surface area contributed by atoms with Gasteiger partial charge in [-0.15, -0.1) is 12.4 Å². The smallest absolute Gasteiger partial charge is 0.223 e. The van der Waals surface area contributed by atoms with E-state index in [2.05, 4.69) is 10.6 Å². The van der Waals surface area contributed by atoms with E-state index in [9.17, 15) is 4.79 Å². The first kappa shape index (κ1) is 17.1. The van der Waals surface area contributed by atoms with Crippen molar-refractivity contribution in [3.8, 4) is 0 Å². The monoisotopic (exact) mass is 314 g/mol. The minimum Gasteiger partial charge on any atom is -0.356 e. The van der Waals surface area contributed by atoms with Crippen LogP contribution in [0.3, 0.4) is 0 Å². The number of nitrogens with one attached hydrogen (secondary N) is 2. The molecule has 1 amide bonds. The van der Waals surface area contributed by atoms with Crippen LogP contribution in [0.25, 0.3) is 0 Å².